The fraction of sp³-hybridized carbons (Fsp3) is 0.385. The van der Waals surface area contributed by atoms with Crippen LogP contribution in [0, 0.1) is 0 Å². The maximum Gasteiger partial charge on any atom is 0.0671 e. The lowest BCUT2D eigenvalue weighted by Gasteiger charge is -2.08. The molecule has 0 heterocycles. The molecule has 0 bridgehead atoms. The Bertz CT molecular complexity index is 378. The highest BCUT2D eigenvalue weighted by molar-refractivity contribution is 5.98. The molecule has 0 aliphatic heterocycles. The van der Waals surface area contributed by atoms with Gasteiger partial charge in [0.2, 0.25) is 0 Å². The summed E-state index contributed by atoms with van der Waals surface area (Å²) in [7, 11) is 0. The molecule has 0 saturated carbocycles. The normalized spacial score (nSPS) is 11.5. The van der Waals surface area contributed by atoms with E-state index >= 15 is 0 Å². The molecule has 0 aliphatic carbocycles. The van der Waals surface area contributed by atoms with Crippen LogP contribution in [0.25, 0.3) is 0 Å². The first-order valence-corrected chi connectivity index (χ1v) is 5.35. The largest absolute Gasteiger partial charge is 0.167 e. The summed E-state index contributed by atoms with van der Waals surface area (Å²) in [4.78, 5) is 0. The van der Waals surface area contributed by atoms with Crippen molar-refractivity contribution in [2.24, 2.45) is 10.2 Å². The number of nitrogens with zero attached hydrogens (tertiary/aromatic N) is 2. The lowest BCUT2D eigenvalue weighted by atomic mass is 9.98. The Morgan fingerprint density at radius 3 is 2.40 bits per heavy atom. The maximum absolute atomic E-state index is 3.96. The van der Waals surface area contributed by atoms with Crippen molar-refractivity contribution in [3.05, 3.63) is 34.9 Å². The zero-order chi connectivity index (χ0) is 11.3. The first kappa shape index (κ1) is 11.6. The van der Waals surface area contributed by atoms with Gasteiger partial charge in [-0.2, -0.15) is 10.2 Å². The standard InChI is InChI=1S/C13H18N2/c1-5-11-7-8-13(9-12(11)6-2)10(3)15-14-4/h7-9H,4-6H2,1-3H3/b15-10+. The van der Waals surface area contributed by atoms with Crippen LogP contribution in [0.2, 0.25) is 0 Å². The molecule has 1 aromatic carbocycles. The summed E-state index contributed by atoms with van der Waals surface area (Å²) in [6.45, 7) is 9.68. The number of hydrogen-bond acceptors (Lipinski definition) is 2. The summed E-state index contributed by atoms with van der Waals surface area (Å²) < 4.78 is 0. The van der Waals surface area contributed by atoms with Crippen LogP contribution in [0.3, 0.4) is 0 Å². The highest BCUT2D eigenvalue weighted by Gasteiger charge is 2.02. The van der Waals surface area contributed by atoms with Crippen LogP contribution < -0.4 is 0 Å². The zero-order valence-electron chi connectivity index (χ0n) is 9.75. The van der Waals surface area contributed by atoms with E-state index in [0.717, 1.165) is 24.1 Å². The quantitative estimate of drug-likeness (QED) is 0.529. The molecule has 0 spiro atoms. The minimum atomic E-state index is 0.919. The predicted molar refractivity (Wildman–Crippen MR) is 67.0 cm³/mol. The highest BCUT2D eigenvalue weighted by Crippen LogP contribution is 2.14. The molecule has 0 aliphatic rings. The van der Waals surface area contributed by atoms with E-state index in [1.165, 1.54) is 11.1 Å². The molecule has 0 radical (unpaired) electrons. The lowest BCUT2D eigenvalue weighted by Crippen LogP contribution is -1.98. The lowest BCUT2D eigenvalue weighted by molar-refractivity contribution is 1.04. The van der Waals surface area contributed by atoms with Crippen LogP contribution in [0.4, 0.5) is 0 Å². The Morgan fingerprint density at radius 2 is 1.87 bits per heavy atom. The van der Waals surface area contributed by atoms with Crippen molar-refractivity contribution in [1.29, 1.82) is 0 Å². The van der Waals surface area contributed by atoms with E-state index in [1.54, 1.807) is 0 Å². The van der Waals surface area contributed by atoms with Gasteiger partial charge >= 0.3 is 0 Å². The zero-order valence-corrected chi connectivity index (χ0v) is 9.75. The molecule has 0 N–H and O–H groups in total. The molecule has 0 amide bonds. The van der Waals surface area contributed by atoms with Crippen LogP contribution >= 0.6 is 0 Å². The molecule has 0 unspecified atom stereocenters. The average molecular weight is 202 g/mol. The minimum Gasteiger partial charge on any atom is -0.167 e. The topological polar surface area (TPSA) is 24.7 Å². The second-order valence-corrected chi connectivity index (χ2v) is 3.52. The first-order valence-electron chi connectivity index (χ1n) is 5.35. The molecular formula is C13H18N2. The Hall–Kier alpha value is -1.44. The summed E-state index contributed by atoms with van der Waals surface area (Å²) in [6, 6.07) is 6.47. The fourth-order valence-corrected chi connectivity index (χ4v) is 1.69. The van der Waals surface area contributed by atoms with Gasteiger partial charge in [-0.25, -0.2) is 0 Å². The molecule has 2 nitrogen and oxygen atoms in total. The molecular weight excluding hydrogens is 184 g/mol. The highest BCUT2D eigenvalue weighted by atomic mass is 15.2. The summed E-state index contributed by atoms with van der Waals surface area (Å²) in [6.07, 6.45) is 2.14. The second-order valence-electron chi connectivity index (χ2n) is 3.52. The van der Waals surface area contributed by atoms with Crippen molar-refractivity contribution >= 4 is 12.4 Å². The molecule has 15 heavy (non-hydrogen) atoms. The van der Waals surface area contributed by atoms with Crippen molar-refractivity contribution in [2.45, 2.75) is 33.6 Å². The van der Waals surface area contributed by atoms with Crippen molar-refractivity contribution in [1.82, 2.24) is 0 Å². The Balaban J connectivity index is 3.13. The van der Waals surface area contributed by atoms with Crippen molar-refractivity contribution in [3.8, 4) is 0 Å². The van der Waals surface area contributed by atoms with Gasteiger partial charge in [0.05, 0.1) is 5.71 Å². The van der Waals surface area contributed by atoms with E-state index in [9.17, 15) is 0 Å². The van der Waals surface area contributed by atoms with E-state index < -0.39 is 0 Å². The monoisotopic (exact) mass is 202 g/mol. The van der Waals surface area contributed by atoms with Crippen LogP contribution in [-0.4, -0.2) is 12.4 Å². The molecule has 0 atom stereocenters. The van der Waals surface area contributed by atoms with Gasteiger partial charge in [-0.05, 0) is 42.5 Å². The number of aryl methyl sites for hydroxylation is 2. The van der Waals surface area contributed by atoms with E-state index in [-0.39, 0.29) is 0 Å². The number of hydrogen-bond donors (Lipinski definition) is 0. The molecule has 0 fully saturated rings. The SMILES string of the molecule is C=N/N=C(\C)c1ccc(CC)c(CC)c1. The van der Waals surface area contributed by atoms with Gasteiger partial charge in [0.1, 0.15) is 0 Å². The van der Waals surface area contributed by atoms with Gasteiger partial charge in [-0.3, -0.25) is 0 Å². The number of benzene rings is 1. The third-order valence-electron chi connectivity index (χ3n) is 2.61. The van der Waals surface area contributed by atoms with Crippen LogP contribution in [0.15, 0.2) is 28.4 Å². The Kier molecular flexibility index (Phi) is 4.22. The van der Waals surface area contributed by atoms with Crippen molar-refractivity contribution < 1.29 is 0 Å². The smallest absolute Gasteiger partial charge is 0.0671 e. The van der Waals surface area contributed by atoms with Gasteiger partial charge < -0.3 is 0 Å². The summed E-state index contributed by atoms with van der Waals surface area (Å²) in [5.74, 6) is 0. The van der Waals surface area contributed by atoms with E-state index in [0.29, 0.717) is 0 Å². The molecule has 2 heteroatoms. The summed E-state index contributed by atoms with van der Waals surface area (Å²) in [5.41, 5.74) is 4.87. The van der Waals surface area contributed by atoms with Crippen molar-refractivity contribution in [3.63, 3.8) is 0 Å². The minimum absolute atomic E-state index is 0.919. The second kappa shape index (κ2) is 5.44. The van der Waals surface area contributed by atoms with E-state index in [4.69, 9.17) is 0 Å². The van der Waals surface area contributed by atoms with Crippen LogP contribution in [0.5, 0.6) is 0 Å². The Morgan fingerprint density at radius 1 is 1.20 bits per heavy atom. The fourth-order valence-electron chi connectivity index (χ4n) is 1.69. The molecule has 80 valence electrons. The molecule has 1 aromatic rings. The van der Waals surface area contributed by atoms with Gasteiger partial charge in [-0.1, -0.05) is 26.0 Å². The average Bonchev–Trinajstić information content (AvgIpc) is 2.28. The number of rotatable bonds is 4. The molecule has 0 saturated heterocycles. The summed E-state index contributed by atoms with van der Waals surface area (Å²) >= 11 is 0. The van der Waals surface area contributed by atoms with Crippen molar-refractivity contribution in [2.75, 3.05) is 0 Å². The van der Waals surface area contributed by atoms with Gasteiger partial charge in [0, 0.05) is 6.72 Å². The molecule has 1 rings (SSSR count). The summed E-state index contributed by atoms with van der Waals surface area (Å²) in [5, 5.41) is 7.50. The van der Waals surface area contributed by atoms with Gasteiger partial charge in [0.25, 0.3) is 0 Å². The predicted octanol–water partition coefficient (Wildman–Crippen LogP) is 3.24. The Labute approximate surface area is 91.7 Å². The van der Waals surface area contributed by atoms with Crippen LogP contribution in [0.1, 0.15) is 37.5 Å². The molecule has 0 aromatic heterocycles. The van der Waals surface area contributed by atoms with E-state index in [1.807, 2.05) is 6.92 Å². The van der Waals surface area contributed by atoms with Gasteiger partial charge in [0.15, 0.2) is 0 Å². The first-order chi connectivity index (χ1) is 7.22. The third-order valence-corrected chi connectivity index (χ3v) is 2.61. The van der Waals surface area contributed by atoms with E-state index in [2.05, 4.69) is 49.0 Å². The van der Waals surface area contributed by atoms with Gasteiger partial charge in [-0.15, -0.1) is 0 Å². The van der Waals surface area contributed by atoms with Crippen LogP contribution in [-0.2, 0) is 12.8 Å². The third kappa shape index (κ3) is 2.75. The maximum atomic E-state index is 3.96.